The summed E-state index contributed by atoms with van der Waals surface area (Å²) in [6.07, 6.45) is 3.61. The molecule has 0 heterocycles. The SMILES string of the molecule is C=C(/C=C\C(N)=C(/C)N)[C@H]1CC1(O)O. The molecule has 6 N–H and O–H groups in total. The Morgan fingerprint density at radius 2 is 1.93 bits per heavy atom. The average molecular weight is 196 g/mol. The van der Waals surface area contributed by atoms with Gasteiger partial charge in [0, 0.05) is 18.0 Å². The van der Waals surface area contributed by atoms with Gasteiger partial charge in [-0.05, 0) is 18.6 Å². The van der Waals surface area contributed by atoms with E-state index in [1.165, 1.54) is 0 Å². The Bertz CT molecular complexity index is 312. The Morgan fingerprint density at radius 1 is 1.43 bits per heavy atom. The van der Waals surface area contributed by atoms with Crippen molar-refractivity contribution in [1.82, 2.24) is 0 Å². The van der Waals surface area contributed by atoms with Gasteiger partial charge in [-0.1, -0.05) is 12.7 Å². The molecule has 1 rings (SSSR count). The molecule has 0 aliphatic heterocycles. The molecule has 0 amide bonds. The van der Waals surface area contributed by atoms with E-state index in [-0.39, 0.29) is 5.92 Å². The lowest BCUT2D eigenvalue weighted by Gasteiger charge is -2.01. The molecule has 1 fully saturated rings. The minimum Gasteiger partial charge on any atom is -0.401 e. The third-order valence-electron chi connectivity index (χ3n) is 2.28. The maximum absolute atomic E-state index is 9.13. The third-order valence-corrected chi connectivity index (χ3v) is 2.28. The number of allylic oxidation sites excluding steroid dienone is 3. The van der Waals surface area contributed by atoms with Crippen LogP contribution in [0.5, 0.6) is 0 Å². The molecular formula is C10H16N2O2. The number of aliphatic hydroxyl groups is 2. The second-order valence-corrected chi connectivity index (χ2v) is 3.68. The number of nitrogens with two attached hydrogens (primary N) is 2. The van der Waals surface area contributed by atoms with Gasteiger partial charge in [0.05, 0.1) is 5.70 Å². The summed E-state index contributed by atoms with van der Waals surface area (Å²) in [5.41, 5.74) is 12.6. The Morgan fingerprint density at radius 3 is 2.29 bits per heavy atom. The molecule has 0 bridgehead atoms. The predicted molar refractivity (Wildman–Crippen MR) is 54.6 cm³/mol. The molecule has 0 spiro atoms. The molecule has 1 aliphatic rings. The molecule has 78 valence electrons. The zero-order chi connectivity index (χ0) is 10.9. The highest BCUT2D eigenvalue weighted by molar-refractivity contribution is 5.32. The number of rotatable bonds is 3. The average Bonchev–Trinajstić information content (AvgIpc) is 2.70. The standard InChI is InChI=1S/C10H16N2O2/c1-6(8-5-10(8,13)14)3-4-9(12)7(2)11/h3-4,8,13-14H,1,5,11-12H2,2H3/b4-3-,9-7-/t8-/m1/s1. The van der Waals surface area contributed by atoms with E-state index < -0.39 is 5.79 Å². The van der Waals surface area contributed by atoms with Crippen LogP contribution >= 0.6 is 0 Å². The van der Waals surface area contributed by atoms with Crippen LogP contribution < -0.4 is 11.5 Å². The fourth-order valence-corrected chi connectivity index (χ4v) is 1.11. The molecule has 0 radical (unpaired) electrons. The van der Waals surface area contributed by atoms with E-state index in [0.29, 0.717) is 23.4 Å². The lowest BCUT2D eigenvalue weighted by Crippen LogP contribution is -2.09. The van der Waals surface area contributed by atoms with Crippen molar-refractivity contribution >= 4 is 0 Å². The monoisotopic (exact) mass is 196 g/mol. The van der Waals surface area contributed by atoms with E-state index in [4.69, 9.17) is 21.7 Å². The molecule has 1 saturated carbocycles. The summed E-state index contributed by atoms with van der Waals surface area (Å²) in [7, 11) is 0. The summed E-state index contributed by atoms with van der Waals surface area (Å²) in [5, 5.41) is 18.3. The third kappa shape index (κ3) is 2.37. The fraction of sp³-hybridized carbons (Fsp3) is 0.400. The summed E-state index contributed by atoms with van der Waals surface area (Å²) in [6, 6.07) is 0. The first-order valence-corrected chi connectivity index (χ1v) is 4.38. The van der Waals surface area contributed by atoms with E-state index in [0.717, 1.165) is 0 Å². The van der Waals surface area contributed by atoms with E-state index >= 15 is 0 Å². The van der Waals surface area contributed by atoms with Crippen LogP contribution in [0.2, 0.25) is 0 Å². The van der Waals surface area contributed by atoms with Gasteiger partial charge in [0.15, 0.2) is 5.79 Å². The van der Waals surface area contributed by atoms with Gasteiger partial charge in [0.2, 0.25) is 0 Å². The quantitative estimate of drug-likeness (QED) is 0.376. The molecule has 4 nitrogen and oxygen atoms in total. The van der Waals surface area contributed by atoms with Crippen LogP contribution in [0.1, 0.15) is 13.3 Å². The van der Waals surface area contributed by atoms with Crippen molar-refractivity contribution < 1.29 is 10.2 Å². The highest BCUT2D eigenvalue weighted by Crippen LogP contribution is 2.45. The first-order valence-electron chi connectivity index (χ1n) is 4.38. The first kappa shape index (κ1) is 10.8. The van der Waals surface area contributed by atoms with Gasteiger partial charge < -0.3 is 21.7 Å². The van der Waals surface area contributed by atoms with Gasteiger partial charge in [-0.15, -0.1) is 0 Å². The summed E-state index contributed by atoms with van der Waals surface area (Å²) in [5.74, 6) is -1.85. The molecular weight excluding hydrogens is 180 g/mol. The highest BCUT2D eigenvalue weighted by atomic mass is 16.5. The normalized spacial score (nSPS) is 26.1. The summed E-state index contributed by atoms with van der Waals surface area (Å²) >= 11 is 0. The summed E-state index contributed by atoms with van der Waals surface area (Å²) in [6.45, 7) is 5.41. The lowest BCUT2D eigenvalue weighted by molar-refractivity contribution is -0.0777. The predicted octanol–water partition coefficient (Wildman–Crippen LogP) is -0.0515. The Hall–Kier alpha value is -1.26. The molecule has 1 aliphatic carbocycles. The van der Waals surface area contributed by atoms with Crippen molar-refractivity contribution in [2.45, 2.75) is 19.1 Å². The molecule has 0 aromatic carbocycles. The van der Waals surface area contributed by atoms with Crippen molar-refractivity contribution in [3.8, 4) is 0 Å². The number of hydrogen-bond acceptors (Lipinski definition) is 4. The van der Waals surface area contributed by atoms with Crippen LogP contribution in [-0.4, -0.2) is 16.0 Å². The van der Waals surface area contributed by atoms with Crippen LogP contribution in [0.25, 0.3) is 0 Å². The largest absolute Gasteiger partial charge is 0.401 e. The Balaban J connectivity index is 2.55. The molecule has 14 heavy (non-hydrogen) atoms. The highest BCUT2D eigenvalue weighted by Gasteiger charge is 2.52. The van der Waals surface area contributed by atoms with Crippen LogP contribution in [0.4, 0.5) is 0 Å². The molecule has 0 aromatic rings. The maximum atomic E-state index is 9.13. The van der Waals surface area contributed by atoms with Gasteiger partial charge in [-0.3, -0.25) is 0 Å². The van der Waals surface area contributed by atoms with Gasteiger partial charge in [0.1, 0.15) is 0 Å². The van der Waals surface area contributed by atoms with Crippen molar-refractivity contribution in [3.63, 3.8) is 0 Å². The molecule has 4 heteroatoms. The van der Waals surface area contributed by atoms with Crippen LogP contribution in [-0.2, 0) is 0 Å². The van der Waals surface area contributed by atoms with Crippen molar-refractivity contribution in [2.24, 2.45) is 17.4 Å². The molecule has 0 aromatic heterocycles. The Labute approximate surface area is 83.2 Å². The van der Waals surface area contributed by atoms with E-state index in [1.807, 2.05) is 0 Å². The van der Waals surface area contributed by atoms with Crippen molar-refractivity contribution in [1.29, 1.82) is 0 Å². The Kier molecular flexibility index (Phi) is 2.69. The van der Waals surface area contributed by atoms with Gasteiger partial charge in [0.25, 0.3) is 0 Å². The topological polar surface area (TPSA) is 92.5 Å². The minimum absolute atomic E-state index is 0.273. The van der Waals surface area contributed by atoms with Gasteiger partial charge >= 0.3 is 0 Å². The van der Waals surface area contributed by atoms with Crippen molar-refractivity contribution in [2.75, 3.05) is 0 Å². The maximum Gasteiger partial charge on any atom is 0.170 e. The van der Waals surface area contributed by atoms with E-state index in [9.17, 15) is 0 Å². The summed E-state index contributed by atoms with van der Waals surface area (Å²) < 4.78 is 0. The zero-order valence-electron chi connectivity index (χ0n) is 8.20. The van der Waals surface area contributed by atoms with Crippen LogP contribution in [0, 0.1) is 5.92 Å². The van der Waals surface area contributed by atoms with E-state index in [1.54, 1.807) is 19.1 Å². The van der Waals surface area contributed by atoms with Crippen molar-refractivity contribution in [3.05, 3.63) is 35.7 Å². The van der Waals surface area contributed by atoms with Gasteiger partial charge in [-0.25, -0.2) is 0 Å². The minimum atomic E-state index is -1.57. The number of hydrogen-bond donors (Lipinski definition) is 4. The van der Waals surface area contributed by atoms with Crippen LogP contribution in [0.3, 0.4) is 0 Å². The second kappa shape index (κ2) is 3.48. The molecule has 1 atom stereocenters. The van der Waals surface area contributed by atoms with Gasteiger partial charge in [-0.2, -0.15) is 0 Å². The molecule has 0 saturated heterocycles. The second-order valence-electron chi connectivity index (χ2n) is 3.68. The fourth-order valence-electron chi connectivity index (χ4n) is 1.11. The summed E-state index contributed by atoms with van der Waals surface area (Å²) in [4.78, 5) is 0. The first-order chi connectivity index (χ1) is 6.34. The molecule has 0 unspecified atom stereocenters. The zero-order valence-corrected chi connectivity index (χ0v) is 8.20. The van der Waals surface area contributed by atoms with Crippen LogP contribution in [0.15, 0.2) is 35.7 Å². The smallest absolute Gasteiger partial charge is 0.170 e. The lowest BCUT2D eigenvalue weighted by atomic mass is 10.1. The van der Waals surface area contributed by atoms with E-state index in [2.05, 4.69) is 6.58 Å².